The molecule has 2 aromatic carbocycles. The van der Waals surface area contributed by atoms with Crippen LogP contribution in [0, 0.1) is 13.8 Å². The van der Waals surface area contributed by atoms with Crippen LogP contribution in [0.5, 0.6) is 5.75 Å². The molecule has 0 aliphatic heterocycles. The highest BCUT2D eigenvalue weighted by molar-refractivity contribution is 7.90. The van der Waals surface area contributed by atoms with Crippen molar-refractivity contribution in [2.45, 2.75) is 26.7 Å². The third-order valence-electron chi connectivity index (χ3n) is 4.93. The number of H-pyrrole nitrogens is 1. The van der Waals surface area contributed by atoms with Gasteiger partial charge in [-0.05, 0) is 61.6 Å². The van der Waals surface area contributed by atoms with Crippen molar-refractivity contribution in [2.75, 3.05) is 18.9 Å². The number of benzene rings is 2. The van der Waals surface area contributed by atoms with E-state index in [1.165, 1.54) is 0 Å². The molecule has 0 fully saturated rings. The maximum Gasteiger partial charge on any atom is 0.281 e. The van der Waals surface area contributed by atoms with E-state index in [9.17, 15) is 13.2 Å². The van der Waals surface area contributed by atoms with Crippen LogP contribution in [0.3, 0.4) is 0 Å². The molecule has 0 saturated heterocycles. The van der Waals surface area contributed by atoms with Gasteiger partial charge in [-0.1, -0.05) is 29.8 Å². The average Bonchev–Trinajstić information content (AvgIpc) is 3.08. The number of rotatable bonds is 9. The molecule has 4 N–H and O–H groups in total. The molecule has 0 unspecified atom stereocenters. The number of hydrogen-bond acceptors (Lipinski definition) is 5. The lowest BCUT2D eigenvalue weighted by Gasteiger charge is -2.11. The van der Waals surface area contributed by atoms with E-state index in [0.29, 0.717) is 19.4 Å². The van der Waals surface area contributed by atoms with Crippen LogP contribution in [0.4, 0.5) is 0 Å². The van der Waals surface area contributed by atoms with Crippen molar-refractivity contribution in [3.63, 3.8) is 0 Å². The average molecular weight is 464 g/mol. The molecule has 0 bridgehead atoms. The van der Waals surface area contributed by atoms with Crippen LogP contribution in [0.1, 0.15) is 33.6 Å². The number of para-hydroxylation sites is 1. The van der Waals surface area contributed by atoms with E-state index in [1.54, 1.807) is 0 Å². The first-order valence-corrected chi connectivity index (χ1v) is 12.0. The van der Waals surface area contributed by atoms with Crippen molar-refractivity contribution in [1.82, 2.24) is 9.71 Å². The Hall–Kier alpha value is -2.55. The van der Waals surface area contributed by atoms with Gasteiger partial charge in [-0.25, -0.2) is 13.1 Å². The van der Waals surface area contributed by atoms with Crippen LogP contribution < -0.4 is 15.2 Å². The molecule has 31 heavy (non-hydrogen) atoms. The number of carbonyl (C=O) groups is 1. The first-order chi connectivity index (χ1) is 14.7. The summed E-state index contributed by atoms with van der Waals surface area (Å²) in [7, 11) is -3.79. The molecule has 0 aliphatic carbocycles. The molecule has 1 aromatic heterocycles. The number of nitrogens with two attached hydrogens (primary N) is 1. The molecule has 1 amide bonds. The molecule has 3 rings (SSSR count). The number of halogens is 1. The van der Waals surface area contributed by atoms with Gasteiger partial charge in [0.2, 0.25) is 10.0 Å². The minimum absolute atomic E-state index is 0.0663. The van der Waals surface area contributed by atoms with Crippen LogP contribution >= 0.6 is 11.6 Å². The molecule has 1 heterocycles. The summed E-state index contributed by atoms with van der Waals surface area (Å²) < 4.78 is 31.9. The largest absolute Gasteiger partial charge is 0.494 e. The van der Waals surface area contributed by atoms with E-state index >= 15 is 0 Å². The summed E-state index contributed by atoms with van der Waals surface area (Å²) in [6, 6.07) is 11.3. The number of hydrogen-bond donors (Lipinski definition) is 3. The van der Waals surface area contributed by atoms with E-state index in [1.807, 2.05) is 50.2 Å². The highest BCUT2D eigenvalue weighted by Gasteiger charge is 2.21. The zero-order valence-corrected chi connectivity index (χ0v) is 19.1. The van der Waals surface area contributed by atoms with Crippen molar-refractivity contribution >= 4 is 38.4 Å². The second kappa shape index (κ2) is 9.72. The van der Waals surface area contributed by atoms with E-state index in [2.05, 4.69) is 9.71 Å². The maximum absolute atomic E-state index is 12.7. The van der Waals surface area contributed by atoms with Gasteiger partial charge in [0, 0.05) is 22.5 Å². The van der Waals surface area contributed by atoms with Crippen molar-refractivity contribution in [2.24, 2.45) is 5.73 Å². The number of aromatic nitrogens is 1. The maximum atomic E-state index is 12.7. The number of fused-ring (bicyclic) bond motifs is 1. The summed E-state index contributed by atoms with van der Waals surface area (Å²) in [4.78, 5) is 15.7. The number of sulfonamides is 1. The normalized spacial score (nSPS) is 11.6. The Morgan fingerprint density at radius 2 is 1.87 bits per heavy atom. The van der Waals surface area contributed by atoms with Gasteiger partial charge in [-0.2, -0.15) is 0 Å². The van der Waals surface area contributed by atoms with E-state index < -0.39 is 15.9 Å². The summed E-state index contributed by atoms with van der Waals surface area (Å²) in [6.45, 7) is 4.23. The van der Waals surface area contributed by atoms with Gasteiger partial charge < -0.3 is 15.5 Å². The lowest BCUT2D eigenvalue weighted by Crippen LogP contribution is -2.35. The second-order valence-corrected chi connectivity index (χ2v) is 9.61. The highest BCUT2D eigenvalue weighted by Crippen LogP contribution is 2.27. The topological polar surface area (TPSA) is 114 Å². The Labute approximate surface area is 187 Å². The quantitative estimate of drug-likeness (QED) is 0.420. The van der Waals surface area contributed by atoms with Crippen molar-refractivity contribution in [1.29, 1.82) is 0 Å². The van der Waals surface area contributed by atoms with Crippen molar-refractivity contribution < 1.29 is 17.9 Å². The van der Waals surface area contributed by atoms with Gasteiger partial charge in [0.25, 0.3) is 5.91 Å². The Balaban J connectivity index is 1.75. The molecule has 3 aromatic rings. The molecule has 166 valence electrons. The summed E-state index contributed by atoms with van der Waals surface area (Å²) in [6.07, 6.45) is 1.17. The fourth-order valence-electron chi connectivity index (χ4n) is 3.48. The Morgan fingerprint density at radius 1 is 1.19 bits per heavy atom. The van der Waals surface area contributed by atoms with Crippen LogP contribution in [-0.2, 0) is 16.4 Å². The minimum atomic E-state index is -3.79. The van der Waals surface area contributed by atoms with Crippen LogP contribution in [0.25, 0.3) is 10.9 Å². The first-order valence-electron chi connectivity index (χ1n) is 9.96. The van der Waals surface area contributed by atoms with Gasteiger partial charge in [-0.3, -0.25) is 4.79 Å². The lowest BCUT2D eigenvalue weighted by molar-refractivity contribution is 0.0976. The zero-order chi connectivity index (χ0) is 22.6. The minimum Gasteiger partial charge on any atom is -0.494 e. The molecular formula is C22H26ClN3O4S. The Kier molecular flexibility index (Phi) is 7.25. The predicted molar refractivity (Wildman–Crippen MR) is 123 cm³/mol. The number of ether oxygens (including phenoxy) is 1. The van der Waals surface area contributed by atoms with Crippen LogP contribution in [0.15, 0.2) is 36.4 Å². The SMILES string of the molecule is Cc1cc(OCCCc2c(C(=O)NS(=O)(=O)CCN)[nH]c3ccccc23)cc(C)c1Cl. The molecule has 0 spiro atoms. The molecule has 0 saturated carbocycles. The zero-order valence-electron chi connectivity index (χ0n) is 17.5. The number of aryl methyl sites for hydroxylation is 3. The monoisotopic (exact) mass is 463 g/mol. The molecule has 0 radical (unpaired) electrons. The van der Waals surface area contributed by atoms with Crippen LogP contribution in [-0.4, -0.2) is 38.2 Å². The van der Waals surface area contributed by atoms with E-state index in [-0.39, 0.29) is 18.0 Å². The Morgan fingerprint density at radius 3 is 2.55 bits per heavy atom. The van der Waals surface area contributed by atoms with E-state index in [0.717, 1.165) is 38.4 Å². The molecule has 0 aliphatic rings. The van der Waals surface area contributed by atoms with Crippen molar-refractivity contribution in [3.05, 3.63) is 63.8 Å². The van der Waals surface area contributed by atoms with E-state index in [4.69, 9.17) is 22.1 Å². The number of aromatic amines is 1. The second-order valence-electron chi connectivity index (χ2n) is 7.39. The van der Waals surface area contributed by atoms with Gasteiger partial charge in [0.1, 0.15) is 11.4 Å². The smallest absolute Gasteiger partial charge is 0.281 e. The predicted octanol–water partition coefficient (Wildman–Crippen LogP) is 3.47. The summed E-state index contributed by atoms with van der Waals surface area (Å²) in [5.74, 6) is -0.268. The van der Waals surface area contributed by atoms with Gasteiger partial charge >= 0.3 is 0 Å². The molecule has 9 heteroatoms. The van der Waals surface area contributed by atoms with Crippen molar-refractivity contribution in [3.8, 4) is 5.75 Å². The molecule has 7 nitrogen and oxygen atoms in total. The van der Waals surface area contributed by atoms with Gasteiger partial charge in [0.05, 0.1) is 12.4 Å². The fourth-order valence-corrected chi connectivity index (χ4v) is 4.39. The highest BCUT2D eigenvalue weighted by atomic mass is 35.5. The standard InChI is InChI=1S/C22H26ClN3O4S/c1-14-12-16(13-15(2)20(14)23)30-10-5-7-18-17-6-3-4-8-19(17)25-21(18)22(27)26-31(28,29)11-9-24/h3-4,6,8,12-13,25H,5,7,9-11,24H2,1-2H3,(H,26,27). The lowest BCUT2D eigenvalue weighted by atomic mass is 10.1. The number of amides is 1. The van der Waals surface area contributed by atoms with Crippen LogP contribution in [0.2, 0.25) is 5.02 Å². The molecule has 0 atom stereocenters. The fraction of sp³-hybridized carbons (Fsp3) is 0.318. The summed E-state index contributed by atoms with van der Waals surface area (Å²) >= 11 is 6.20. The number of carbonyl (C=O) groups excluding carboxylic acids is 1. The Bertz CT molecular complexity index is 1180. The molecular weight excluding hydrogens is 438 g/mol. The number of nitrogens with one attached hydrogen (secondary N) is 2. The van der Waals surface area contributed by atoms with Gasteiger partial charge in [0.15, 0.2) is 0 Å². The van der Waals surface area contributed by atoms with Gasteiger partial charge in [-0.15, -0.1) is 0 Å². The summed E-state index contributed by atoms with van der Waals surface area (Å²) in [5.41, 5.74) is 8.97. The first kappa shape index (κ1) is 23.1. The third kappa shape index (κ3) is 5.58. The summed E-state index contributed by atoms with van der Waals surface area (Å²) in [5, 5.41) is 1.61. The third-order valence-corrected chi connectivity index (χ3v) is 6.79.